The summed E-state index contributed by atoms with van der Waals surface area (Å²) in [6.45, 7) is 5.18. The average Bonchev–Trinajstić information content (AvgIpc) is 3.32. The zero-order valence-electron chi connectivity index (χ0n) is 18.9. The molecule has 0 saturated heterocycles. The first-order valence-corrected chi connectivity index (χ1v) is 11.0. The first-order chi connectivity index (χ1) is 15.7. The van der Waals surface area contributed by atoms with Gasteiger partial charge < -0.3 is 15.5 Å². The molecule has 32 heavy (non-hydrogen) atoms. The van der Waals surface area contributed by atoms with E-state index in [1.54, 1.807) is 11.1 Å². The molecule has 0 atom stereocenters. The van der Waals surface area contributed by atoms with Gasteiger partial charge in [-0.2, -0.15) is 5.10 Å². The quantitative estimate of drug-likeness (QED) is 0.381. The Bertz CT molecular complexity index is 985. The molecule has 7 nitrogen and oxygen atoms in total. The molecule has 0 saturated carbocycles. The number of carbonyl (C=O) groups excluding carboxylic acids is 1. The van der Waals surface area contributed by atoms with Crippen LogP contribution in [0.1, 0.15) is 30.0 Å². The van der Waals surface area contributed by atoms with Crippen LogP contribution in [0.25, 0.3) is 0 Å². The normalized spacial score (nSPS) is 11.2. The second-order valence-corrected chi connectivity index (χ2v) is 7.58. The zero-order chi connectivity index (χ0) is 22.6. The Balaban J connectivity index is 1.52. The zero-order valence-corrected chi connectivity index (χ0v) is 18.9. The van der Waals surface area contributed by atoms with E-state index in [-0.39, 0.29) is 5.91 Å². The van der Waals surface area contributed by atoms with Crippen LogP contribution in [-0.2, 0) is 24.4 Å². The number of hydrogen-bond acceptors (Lipinski definition) is 3. The summed E-state index contributed by atoms with van der Waals surface area (Å²) in [5, 5.41) is 10.8. The number of benzene rings is 2. The molecule has 0 fully saturated rings. The molecule has 3 rings (SSSR count). The van der Waals surface area contributed by atoms with Crippen molar-refractivity contribution in [1.82, 2.24) is 25.3 Å². The highest BCUT2D eigenvalue weighted by atomic mass is 16.2. The van der Waals surface area contributed by atoms with Crippen LogP contribution in [0, 0.1) is 0 Å². The predicted octanol–water partition coefficient (Wildman–Crippen LogP) is 3.04. The number of rotatable bonds is 10. The highest BCUT2D eigenvalue weighted by molar-refractivity contribution is 5.81. The number of hydrogen-bond donors (Lipinski definition) is 2. The summed E-state index contributed by atoms with van der Waals surface area (Å²) in [7, 11) is 1.84. The predicted molar refractivity (Wildman–Crippen MR) is 128 cm³/mol. The van der Waals surface area contributed by atoms with E-state index < -0.39 is 0 Å². The third-order valence-electron chi connectivity index (χ3n) is 5.08. The van der Waals surface area contributed by atoms with Crippen LogP contribution < -0.4 is 10.6 Å². The van der Waals surface area contributed by atoms with Gasteiger partial charge >= 0.3 is 0 Å². The lowest BCUT2D eigenvalue weighted by Gasteiger charge is -2.18. The number of amides is 1. The number of guanidine groups is 1. The number of carbonyl (C=O) groups is 1. The summed E-state index contributed by atoms with van der Waals surface area (Å²) in [5.41, 5.74) is 3.47. The molecule has 7 heteroatoms. The number of aromatic nitrogens is 2. The van der Waals surface area contributed by atoms with E-state index in [2.05, 4.69) is 27.9 Å². The topological polar surface area (TPSA) is 74.5 Å². The standard InChI is InChI=1S/C25H32N6O/c1-3-26-25(27-16-14-24(32)30(2)19-21-10-5-4-6-11-21)28-18-22-12-7-8-13-23(22)20-31-17-9-15-29-31/h4-13,15,17H,3,14,16,18-20H2,1-2H3,(H2,26,27,28). The molecule has 168 valence electrons. The van der Waals surface area contributed by atoms with Gasteiger partial charge in [0, 0.05) is 45.5 Å². The second-order valence-electron chi connectivity index (χ2n) is 7.58. The van der Waals surface area contributed by atoms with Crippen molar-refractivity contribution in [2.45, 2.75) is 33.0 Å². The van der Waals surface area contributed by atoms with Gasteiger partial charge in [0.25, 0.3) is 0 Å². The van der Waals surface area contributed by atoms with Gasteiger partial charge in [0.15, 0.2) is 5.96 Å². The van der Waals surface area contributed by atoms with E-state index in [1.165, 1.54) is 5.56 Å². The van der Waals surface area contributed by atoms with Crippen LogP contribution >= 0.6 is 0 Å². The van der Waals surface area contributed by atoms with Crippen LogP contribution in [-0.4, -0.2) is 46.7 Å². The fraction of sp³-hybridized carbons (Fsp3) is 0.320. The Morgan fingerprint density at radius 3 is 2.50 bits per heavy atom. The van der Waals surface area contributed by atoms with Gasteiger partial charge in [0.05, 0.1) is 13.1 Å². The molecule has 2 aromatic carbocycles. The Morgan fingerprint density at radius 2 is 1.78 bits per heavy atom. The van der Waals surface area contributed by atoms with E-state index in [0.29, 0.717) is 38.6 Å². The van der Waals surface area contributed by atoms with Gasteiger partial charge in [0.1, 0.15) is 0 Å². The number of nitrogens with one attached hydrogen (secondary N) is 2. The first-order valence-electron chi connectivity index (χ1n) is 11.0. The minimum absolute atomic E-state index is 0.0989. The minimum Gasteiger partial charge on any atom is -0.357 e. The molecule has 0 bridgehead atoms. The lowest BCUT2D eigenvalue weighted by molar-refractivity contribution is -0.130. The second kappa shape index (κ2) is 12.3. The third kappa shape index (κ3) is 7.27. The van der Waals surface area contributed by atoms with Crippen LogP contribution in [0.5, 0.6) is 0 Å². The smallest absolute Gasteiger partial charge is 0.224 e. The Labute approximate surface area is 190 Å². The number of aliphatic imine (C=N–C) groups is 1. The van der Waals surface area contributed by atoms with Crippen molar-refractivity contribution in [3.63, 3.8) is 0 Å². The Kier molecular flexibility index (Phi) is 8.86. The number of nitrogens with zero attached hydrogens (tertiary/aromatic N) is 4. The van der Waals surface area contributed by atoms with Crippen LogP contribution in [0.4, 0.5) is 0 Å². The molecule has 0 unspecified atom stereocenters. The molecule has 1 heterocycles. The SMILES string of the molecule is CCNC(=NCc1ccccc1Cn1cccn1)NCCC(=O)N(C)Cc1ccccc1. The molecular weight excluding hydrogens is 400 g/mol. The Morgan fingerprint density at radius 1 is 1.03 bits per heavy atom. The molecule has 0 radical (unpaired) electrons. The highest BCUT2D eigenvalue weighted by Gasteiger charge is 2.10. The largest absolute Gasteiger partial charge is 0.357 e. The van der Waals surface area contributed by atoms with Crippen LogP contribution in [0.3, 0.4) is 0 Å². The first kappa shape index (κ1) is 23.1. The van der Waals surface area contributed by atoms with E-state index in [0.717, 1.165) is 17.7 Å². The maximum Gasteiger partial charge on any atom is 0.224 e. The van der Waals surface area contributed by atoms with Crippen molar-refractivity contribution in [1.29, 1.82) is 0 Å². The van der Waals surface area contributed by atoms with Crippen molar-refractivity contribution in [3.05, 3.63) is 89.7 Å². The van der Waals surface area contributed by atoms with E-state index >= 15 is 0 Å². The molecule has 3 aromatic rings. The monoisotopic (exact) mass is 432 g/mol. The molecule has 1 aromatic heterocycles. The van der Waals surface area contributed by atoms with Crippen molar-refractivity contribution in [2.24, 2.45) is 4.99 Å². The summed E-state index contributed by atoms with van der Waals surface area (Å²) in [6.07, 6.45) is 4.15. The van der Waals surface area contributed by atoms with Gasteiger partial charge in [-0.3, -0.25) is 9.48 Å². The summed E-state index contributed by atoms with van der Waals surface area (Å²) in [5.74, 6) is 0.807. The maximum atomic E-state index is 12.5. The molecular formula is C25H32N6O. The van der Waals surface area contributed by atoms with Crippen molar-refractivity contribution < 1.29 is 4.79 Å². The van der Waals surface area contributed by atoms with Crippen molar-refractivity contribution in [2.75, 3.05) is 20.1 Å². The Hall–Kier alpha value is -3.61. The molecule has 2 N–H and O–H groups in total. The summed E-state index contributed by atoms with van der Waals surface area (Å²) in [4.78, 5) is 19.0. The van der Waals surface area contributed by atoms with Crippen molar-refractivity contribution >= 4 is 11.9 Å². The minimum atomic E-state index is 0.0989. The molecule has 0 spiro atoms. The lowest BCUT2D eigenvalue weighted by Crippen LogP contribution is -2.39. The van der Waals surface area contributed by atoms with Gasteiger partial charge in [-0.1, -0.05) is 54.6 Å². The van der Waals surface area contributed by atoms with E-state index in [9.17, 15) is 4.79 Å². The lowest BCUT2D eigenvalue weighted by atomic mass is 10.1. The van der Waals surface area contributed by atoms with Crippen molar-refractivity contribution in [3.8, 4) is 0 Å². The van der Waals surface area contributed by atoms with Gasteiger partial charge in [-0.15, -0.1) is 0 Å². The summed E-state index contributed by atoms with van der Waals surface area (Å²) in [6, 6.07) is 20.2. The van der Waals surface area contributed by atoms with Crippen LogP contribution in [0.15, 0.2) is 78.0 Å². The summed E-state index contributed by atoms with van der Waals surface area (Å²) >= 11 is 0. The fourth-order valence-corrected chi connectivity index (χ4v) is 3.36. The molecule has 0 aliphatic rings. The van der Waals surface area contributed by atoms with Gasteiger partial charge in [-0.05, 0) is 29.7 Å². The highest BCUT2D eigenvalue weighted by Crippen LogP contribution is 2.11. The molecule has 0 aliphatic carbocycles. The maximum absolute atomic E-state index is 12.5. The van der Waals surface area contributed by atoms with E-state index in [4.69, 9.17) is 4.99 Å². The van der Waals surface area contributed by atoms with Gasteiger partial charge in [-0.25, -0.2) is 4.99 Å². The fourth-order valence-electron chi connectivity index (χ4n) is 3.36. The van der Waals surface area contributed by atoms with Gasteiger partial charge in [0.2, 0.25) is 5.91 Å². The summed E-state index contributed by atoms with van der Waals surface area (Å²) < 4.78 is 1.91. The van der Waals surface area contributed by atoms with Crippen LogP contribution in [0.2, 0.25) is 0 Å². The molecule has 1 amide bonds. The van der Waals surface area contributed by atoms with E-state index in [1.807, 2.05) is 73.4 Å². The molecule has 0 aliphatic heterocycles. The third-order valence-corrected chi connectivity index (χ3v) is 5.08. The average molecular weight is 433 g/mol.